The Morgan fingerprint density at radius 1 is 0.692 bits per heavy atom. The summed E-state index contributed by atoms with van der Waals surface area (Å²) in [5.41, 5.74) is 0. The summed E-state index contributed by atoms with van der Waals surface area (Å²) in [6.45, 7) is 0. The van der Waals surface area contributed by atoms with Crippen molar-refractivity contribution in [3.63, 3.8) is 0 Å². The van der Waals surface area contributed by atoms with Gasteiger partial charge in [0.15, 0.2) is 0 Å². The van der Waals surface area contributed by atoms with Crippen LogP contribution >= 0.6 is 0 Å². The van der Waals surface area contributed by atoms with E-state index in [0.717, 1.165) is 6.07 Å². The van der Waals surface area contributed by atoms with Crippen molar-refractivity contribution in [3.05, 3.63) is 42.6 Å². The monoisotopic (exact) mass is 271 g/mol. The molecule has 0 unspecified atom stereocenters. The minimum absolute atomic E-state index is 0. The Bertz CT molecular complexity index is 273. The molecule has 0 fully saturated rings. The summed E-state index contributed by atoms with van der Waals surface area (Å²) in [6, 6.07) is 1.02. The molecule has 0 saturated carbocycles. The molecule has 1 aromatic carbocycles. The second-order valence-corrected chi connectivity index (χ2v) is 1.69. The van der Waals surface area contributed by atoms with Crippen LogP contribution in [0, 0.1) is 42.6 Å². The van der Waals surface area contributed by atoms with Gasteiger partial charge in [-0.25, -0.2) is 13.2 Å². The Morgan fingerprint density at radius 3 is 1.31 bits per heavy atom. The van der Waals surface area contributed by atoms with Crippen LogP contribution in [-0.4, -0.2) is 0 Å². The maximum Gasteiger partial charge on any atom is 0.0893 e. The summed E-state index contributed by atoms with van der Waals surface area (Å²) in [6.07, 6.45) is 0. The van der Waals surface area contributed by atoms with Crippen molar-refractivity contribution in [1.82, 2.24) is 0 Å². The molecule has 0 saturated heterocycles. The molecule has 0 aliphatic heterocycles. The maximum atomic E-state index is 12.0. The predicted molar refractivity (Wildman–Crippen MR) is 31.5 cm³/mol. The fourth-order valence-electron chi connectivity index (χ4n) is 0.495. The Hall–Kier alpha value is -0.0261. The van der Waals surface area contributed by atoms with Crippen LogP contribution in [-0.2, 0) is 32.7 Å². The first-order valence-electron chi connectivity index (χ1n) is 2.44. The Labute approximate surface area is 97.0 Å². The van der Waals surface area contributed by atoms with Crippen LogP contribution < -0.4 is 0 Å². The van der Waals surface area contributed by atoms with Gasteiger partial charge in [0.1, 0.15) is 0 Å². The van der Waals surface area contributed by atoms with Crippen LogP contribution in [0.15, 0.2) is 0 Å². The minimum Gasteiger partial charge on any atom is -0.358 e. The van der Waals surface area contributed by atoms with Gasteiger partial charge in [-0.15, -0.1) is 6.07 Å². The molecule has 6 heteroatoms. The summed E-state index contributed by atoms with van der Waals surface area (Å²) in [5.74, 6) is -10.0. The van der Waals surface area contributed by atoms with E-state index >= 15 is 0 Å². The van der Waals surface area contributed by atoms with Crippen molar-refractivity contribution < 1.29 is 54.7 Å². The van der Waals surface area contributed by atoms with E-state index in [-0.39, 0.29) is 40.1 Å². The quantitative estimate of drug-likeness (QED) is 0.294. The van der Waals surface area contributed by atoms with E-state index in [0.29, 0.717) is 0 Å². The number of rotatable bonds is 0. The summed E-state index contributed by atoms with van der Waals surface area (Å²) in [5, 5.41) is 0. The molecule has 71 valence electrons. The maximum absolute atomic E-state index is 12.0. The van der Waals surface area contributed by atoms with Crippen molar-refractivity contribution in [1.29, 1.82) is 0 Å². The fourth-order valence-corrected chi connectivity index (χ4v) is 0.495. The summed E-state index contributed by atoms with van der Waals surface area (Å²) in [7, 11) is 0. The third kappa shape index (κ3) is 2.99. The first-order chi connectivity index (χ1) is 5.04. The summed E-state index contributed by atoms with van der Waals surface area (Å²) >= 11 is 0. The average molecular weight is 271 g/mol. The molecule has 1 rings (SSSR count). The van der Waals surface area contributed by atoms with Gasteiger partial charge >= 0.3 is 0 Å². The smallest absolute Gasteiger partial charge is 0.0893 e. The second kappa shape index (κ2) is 5.65. The third-order valence-corrected chi connectivity index (χ3v) is 0.990. The predicted octanol–water partition coefficient (Wildman–Crippen LogP) is 2.63. The van der Waals surface area contributed by atoms with E-state index in [4.69, 9.17) is 0 Å². The van der Waals surface area contributed by atoms with Gasteiger partial charge in [-0.3, -0.25) is 8.78 Å². The zero-order valence-electron chi connectivity index (χ0n) is 6.47. The van der Waals surface area contributed by atoms with Gasteiger partial charge in [-0.05, 0) is 0 Å². The molecule has 0 bridgehead atoms. The van der Waals surface area contributed by atoms with Crippen molar-refractivity contribution in [2.24, 2.45) is 0 Å². The van der Waals surface area contributed by atoms with Crippen LogP contribution in [0.1, 0.15) is 0 Å². The molecule has 0 aromatic heterocycles. The molecule has 1 aromatic rings. The fraction of sp³-hybridized carbons (Fsp3) is 0. The topological polar surface area (TPSA) is 0 Å². The van der Waals surface area contributed by atoms with Gasteiger partial charge in [0, 0.05) is 32.7 Å². The van der Waals surface area contributed by atoms with Crippen LogP contribution in [0.25, 0.3) is 0 Å². The number of hydrogen-bond donors (Lipinski definition) is 0. The molecule has 0 spiro atoms. The first-order valence-corrected chi connectivity index (χ1v) is 2.44. The van der Waals surface area contributed by atoms with Crippen LogP contribution in [0.2, 0.25) is 0 Å². The van der Waals surface area contributed by atoms with E-state index in [1.165, 1.54) is 0 Å². The van der Waals surface area contributed by atoms with Crippen molar-refractivity contribution >= 4 is 0 Å². The van der Waals surface area contributed by atoms with Crippen LogP contribution in [0.4, 0.5) is 22.0 Å². The number of benzene rings is 1. The summed E-state index contributed by atoms with van der Waals surface area (Å²) < 4.78 is 59.9. The zero-order chi connectivity index (χ0) is 8.59. The Balaban J connectivity index is 0. The molecule has 0 amide bonds. The van der Waals surface area contributed by atoms with E-state index in [2.05, 4.69) is 0 Å². The van der Waals surface area contributed by atoms with Gasteiger partial charge in [-0.1, -0.05) is 0 Å². The van der Waals surface area contributed by atoms with Gasteiger partial charge in [-0.2, -0.15) is 0 Å². The molecule has 1 radical (unpaired) electrons. The molecule has 0 N–H and O–H groups in total. The molecule has 0 atom stereocenters. The molecular formula is C7H3F5Y-2. The molecule has 0 heterocycles. The van der Waals surface area contributed by atoms with Crippen molar-refractivity contribution in [3.8, 4) is 0 Å². The minimum atomic E-state index is -2.17. The number of hydrogen-bond acceptors (Lipinski definition) is 0. The third-order valence-electron chi connectivity index (χ3n) is 0.990. The van der Waals surface area contributed by atoms with Gasteiger partial charge < -0.3 is 7.43 Å². The average Bonchev–Trinajstić information content (AvgIpc) is 1.97. The van der Waals surface area contributed by atoms with Crippen molar-refractivity contribution in [2.75, 3.05) is 0 Å². The zero-order valence-corrected chi connectivity index (χ0v) is 9.31. The van der Waals surface area contributed by atoms with Gasteiger partial charge in [0.25, 0.3) is 0 Å². The van der Waals surface area contributed by atoms with E-state index < -0.39 is 29.1 Å². The molecule has 13 heavy (non-hydrogen) atoms. The first kappa shape index (κ1) is 15.4. The normalized spacial score (nSPS) is 8.69. The Kier molecular flexibility index (Phi) is 6.71. The molecular weight excluding hydrogens is 268 g/mol. The van der Waals surface area contributed by atoms with Crippen LogP contribution in [0.5, 0.6) is 0 Å². The largest absolute Gasteiger partial charge is 0.358 e. The standard InChI is InChI=1S/C6F5.CH3.Y/c7-2-1-3(8)5(10)6(11)4(2)9;;/h;1H3;/q2*-1;. The molecule has 0 nitrogen and oxygen atoms in total. The molecule has 0 aliphatic rings. The second-order valence-electron chi connectivity index (χ2n) is 1.69. The SMILES string of the molecule is Fc1[c-]c(F)c(F)c(F)c1F.[CH3-].[Y]. The summed E-state index contributed by atoms with van der Waals surface area (Å²) in [4.78, 5) is 0. The van der Waals surface area contributed by atoms with Gasteiger partial charge in [0.05, 0.1) is 29.1 Å². The van der Waals surface area contributed by atoms with E-state index in [9.17, 15) is 22.0 Å². The molecule has 0 aliphatic carbocycles. The van der Waals surface area contributed by atoms with Gasteiger partial charge in [0.2, 0.25) is 0 Å². The van der Waals surface area contributed by atoms with E-state index in [1.807, 2.05) is 0 Å². The van der Waals surface area contributed by atoms with E-state index in [1.54, 1.807) is 0 Å². The number of halogens is 5. The van der Waals surface area contributed by atoms with Crippen LogP contribution in [0.3, 0.4) is 0 Å². The van der Waals surface area contributed by atoms with Crippen molar-refractivity contribution in [2.45, 2.75) is 0 Å². The Morgan fingerprint density at radius 2 is 1.00 bits per heavy atom.